The van der Waals surface area contributed by atoms with Crippen molar-refractivity contribution in [3.05, 3.63) is 83.4 Å². The molecule has 196 valence electrons. The molecule has 3 aromatic carbocycles. The van der Waals surface area contributed by atoms with E-state index < -0.39 is 16.0 Å². The molecule has 0 saturated carbocycles. The zero-order valence-electron chi connectivity index (χ0n) is 21.0. The molecule has 0 aliphatic carbocycles. The number of carboxylic acids is 1. The van der Waals surface area contributed by atoms with Crippen LogP contribution in [-0.2, 0) is 27.7 Å². The number of ether oxygens (including phenoxy) is 1. The van der Waals surface area contributed by atoms with Crippen LogP contribution in [0.15, 0.2) is 71.6 Å². The molecule has 0 atom stereocenters. The van der Waals surface area contributed by atoms with Crippen molar-refractivity contribution in [1.29, 1.82) is 0 Å². The number of sulfonamides is 1. The number of rotatable bonds is 13. The maximum atomic E-state index is 13.2. The summed E-state index contributed by atoms with van der Waals surface area (Å²) in [5.41, 5.74) is 1.94. The summed E-state index contributed by atoms with van der Waals surface area (Å²) in [4.78, 5) is 23.6. The van der Waals surface area contributed by atoms with Gasteiger partial charge >= 0.3 is 5.97 Å². The molecular weight excluding hydrogens is 492 g/mol. The average molecular weight is 525 g/mol. The summed E-state index contributed by atoms with van der Waals surface area (Å²) >= 11 is 0. The fourth-order valence-electron chi connectivity index (χ4n) is 3.74. The van der Waals surface area contributed by atoms with Crippen LogP contribution in [-0.4, -0.2) is 31.9 Å². The fraction of sp³-hybridized carbons (Fsp3) is 0.286. The number of aliphatic carboxylic acids is 1. The molecule has 0 saturated heterocycles. The van der Waals surface area contributed by atoms with Crippen LogP contribution in [0.5, 0.6) is 11.5 Å². The van der Waals surface area contributed by atoms with E-state index in [9.17, 15) is 18.0 Å². The van der Waals surface area contributed by atoms with Gasteiger partial charge < -0.3 is 15.2 Å². The van der Waals surface area contributed by atoms with Gasteiger partial charge in [0.1, 0.15) is 5.75 Å². The van der Waals surface area contributed by atoms with Gasteiger partial charge in [-0.3, -0.25) is 14.3 Å². The Bertz CT molecular complexity index is 1340. The Balaban J connectivity index is 1.91. The second kappa shape index (κ2) is 12.9. The highest BCUT2D eigenvalue weighted by Gasteiger charge is 2.19. The number of anilines is 1. The molecule has 0 fully saturated rings. The van der Waals surface area contributed by atoms with Crippen molar-refractivity contribution in [2.75, 3.05) is 11.3 Å². The number of aryl methyl sites for hydroxylation is 1. The molecule has 3 rings (SSSR count). The second-order valence-corrected chi connectivity index (χ2v) is 10.3. The molecule has 0 aromatic heterocycles. The van der Waals surface area contributed by atoms with Gasteiger partial charge in [-0.1, -0.05) is 44.0 Å². The normalized spacial score (nSPS) is 11.1. The summed E-state index contributed by atoms with van der Waals surface area (Å²) in [6, 6.07) is 17.7. The van der Waals surface area contributed by atoms with E-state index in [0.29, 0.717) is 17.9 Å². The molecule has 0 heterocycles. The fourth-order valence-corrected chi connectivity index (χ4v) is 4.80. The van der Waals surface area contributed by atoms with Gasteiger partial charge in [0.2, 0.25) is 0 Å². The van der Waals surface area contributed by atoms with Crippen LogP contribution in [0.3, 0.4) is 0 Å². The van der Waals surface area contributed by atoms with Crippen LogP contribution in [0, 0.1) is 0 Å². The van der Waals surface area contributed by atoms with E-state index in [4.69, 9.17) is 9.84 Å². The molecule has 0 radical (unpaired) electrons. The predicted molar refractivity (Wildman–Crippen MR) is 143 cm³/mol. The van der Waals surface area contributed by atoms with Crippen molar-refractivity contribution in [3.8, 4) is 11.5 Å². The Hall–Kier alpha value is -3.85. The van der Waals surface area contributed by atoms with E-state index in [0.717, 1.165) is 31.2 Å². The molecular formula is C28H32N2O6S. The molecule has 3 N–H and O–H groups in total. The Morgan fingerprint density at radius 1 is 0.919 bits per heavy atom. The number of amides is 1. The number of unbranched alkanes of at least 4 members (excludes halogenated alkanes) is 2. The van der Waals surface area contributed by atoms with Crippen LogP contribution in [0.25, 0.3) is 0 Å². The van der Waals surface area contributed by atoms with Crippen molar-refractivity contribution >= 4 is 27.6 Å². The molecule has 0 aliphatic rings. The van der Waals surface area contributed by atoms with Crippen LogP contribution >= 0.6 is 0 Å². The first-order valence-corrected chi connectivity index (χ1v) is 13.7. The van der Waals surface area contributed by atoms with Crippen molar-refractivity contribution in [2.45, 2.75) is 50.8 Å². The number of benzene rings is 3. The van der Waals surface area contributed by atoms with E-state index in [2.05, 4.69) is 17.0 Å². The molecule has 37 heavy (non-hydrogen) atoms. The van der Waals surface area contributed by atoms with E-state index in [1.54, 1.807) is 55.5 Å². The molecule has 9 heteroatoms. The van der Waals surface area contributed by atoms with Crippen LogP contribution in [0.2, 0.25) is 0 Å². The van der Waals surface area contributed by atoms with E-state index >= 15 is 0 Å². The molecule has 8 nitrogen and oxygen atoms in total. The van der Waals surface area contributed by atoms with Crippen LogP contribution < -0.4 is 14.8 Å². The maximum absolute atomic E-state index is 13.2. The lowest BCUT2D eigenvalue weighted by Gasteiger charge is -2.16. The first-order valence-electron chi connectivity index (χ1n) is 12.2. The van der Waals surface area contributed by atoms with Gasteiger partial charge in [0.05, 0.1) is 17.0 Å². The van der Waals surface area contributed by atoms with Gasteiger partial charge in [0.15, 0.2) is 5.75 Å². The zero-order chi connectivity index (χ0) is 26.8. The first-order chi connectivity index (χ1) is 17.7. The summed E-state index contributed by atoms with van der Waals surface area (Å²) in [5.74, 6) is -0.829. The third-order valence-electron chi connectivity index (χ3n) is 5.61. The summed E-state index contributed by atoms with van der Waals surface area (Å²) in [6.45, 7) is 4.33. The number of nitrogens with one attached hydrogen (secondary N) is 2. The monoisotopic (exact) mass is 524 g/mol. The predicted octanol–water partition coefficient (Wildman–Crippen LogP) is 5.39. The van der Waals surface area contributed by atoms with Crippen LogP contribution in [0.1, 0.15) is 54.6 Å². The smallest absolute Gasteiger partial charge is 0.307 e. The van der Waals surface area contributed by atoms with Crippen molar-refractivity contribution in [1.82, 2.24) is 5.32 Å². The van der Waals surface area contributed by atoms with Crippen LogP contribution in [0.4, 0.5) is 5.69 Å². The maximum Gasteiger partial charge on any atom is 0.307 e. The largest absolute Gasteiger partial charge is 0.481 e. The van der Waals surface area contributed by atoms with Crippen molar-refractivity contribution < 1.29 is 27.9 Å². The van der Waals surface area contributed by atoms with Crippen molar-refractivity contribution in [2.24, 2.45) is 0 Å². The van der Waals surface area contributed by atoms with E-state index in [1.807, 2.05) is 0 Å². The zero-order valence-corrected chi connectivity index (χ0v) is 21.8. The Morgan fingerprint density at radius 2 is 1.68 bits per heavy atom. The van der Waals surface area contributed by atoms with E-state index in [-0.39, 0.29) is 34.2 Å². The summed E-state index contributed by atoms with van der Waals surface area (Å²) in [6.07, 6.45) is 3.98. The molecule has 3 aromatic rings. The minimum absolute atomic E-state index is 0.0828. The van der Waals surface area contributed by atoms with Gasteiger partial charge in [-0.25, -0.2) is 8.42 Å². The average Bonchev–Trinajstić information content (AvgIpc) is 2.85. The quantitative estimate of drug-likeness (QED) is 0.258. The standard InChI is InChI=1S/C28H32N2O6S/c1-3-5-6-8-20-11-14-24(15-12-20)37(34,35)30-25-19-22(28(33)29-4-2)13-16-26(25)36-23-10-7-9-21(17-23)18-27(31)32/h7,9-17,19,30H,3-6,8,18H2,1-2H3,(H,29,33)(H,31,32). The number of carboxylic acid groups (broad SMARTS) is 1. The topological polar surface area (TPSA) is 122 Å². The highest BCUT2D eigenvalue weighted by atomic mass is 32.2. The minimum Gasteiger partial charge on any atom is -0.481 e. The molecule has 0 bridgehead atoms. The SMILES string of the molecule is CCCCCc1ccc(S(=O)(=O)Nc2cc(C(=O)NCC)ccc2Oc2cccc(CC(=O)O)c2)cc1. The van der Waals surface area contributed by atoms with Gasteiger partial charge in [-0.15, -0.1) is 0 Å². The number of hydrogen-bond acceptors (Lipinski definition) is 5. The lowest BCUT2D eigenvalue weighted by molar-refractivity contribution is -0.136. The molecule has 1 amide bonds. The lowest BCUT2D eigenvalue weighted by atomic mass is 10.1. The Morgan fingerprint density at radius 3 is 2.35 bits per heavy atom. The van der Waals surface area contributed by atoms with Gasteiger partial charge in [-0.2, -0.15) is 0 Å². The molecule has 0 spiro atoms. The summed E-state index contributed by atoms with van der Waals surface area (Å²) in [7, 11) is -3.99. The molecule has 0 unspecified atom stereocenters. The number of hydrogen-bond donors (Lipinski definition) is 3. The Kier molecular flexibility index (Phi) is 9.68. The first kappa shape index (κ1) is 27.7. The summed E-state index contributed by atoms with van der Waals surface area (Å²) < 4.78 is 34.9. The summed E-state index contributed by atoms with van der Waals surface area (Å²) in [5, 5.41) is 11.8. The lowest BCUT2D eigenvalue weighted by Crippen LogP contribution is -2.23. The number of carbonyl (C=O) groups excluding carboxylic acids is 1. The third kappa shape index (κ3) is 8.08. The third-order valence-corrected chi connectivity index (χ3v) is 6.99. The molecule has 0 aliphatic heterocycles. The van der Waals surface area contributed by atoms with Gasteiger partial charge in [-0.05, 0) is 73.4 Å². The minimum atomic E-state index is -3.99. The Labute approximate surface area is 217 Å². The highest BCUT2D eigenvalue weighted by Crippen LogP contribution is 2.33. The van der Waals surface area contributed by atoms with Gasteiger partial charge in [0.25, 0.3) is 15.9 Å². The van der Waals surface area contributed by atoms with E-state index in [1.165, 1.54) is 18.2 Å². The number of carbonyl (C=O) groups is 2. The van der Waals surface area contributed by atoms with Gasteiger partial charge in [0, 0.05) is 12.1 Å². The van der Waals surface area contributed by atoms with Crippen molar-refractivity contribution in [3.63, 3.8) is 0 Å². The highest BCUT2D eigenvalue weighted by molar-refractivity contribution is 7.92. The second-order valence-electron chi connectivity index (χ2n) is 8.60.